The van der Waals surface area contributed by atoms with Gasteiger partial charge in [0.05, 0.1) is 44.1 Å². The number of hydrogen-bond acceptors (Lipinski definition) is 6. The number of nitrogens with zero attached hydrogens (tertiary/aromatic N) is 3. The van der Waals surface area contributed by atoms with Gasteiger partial charge in [0, 0.05) is 83.4 Å². The first-order valence-corrected chi connectivity index (χ1v) is 34.8. The van der Waals surface area contributed by atoms with Crippen LogP contribution < -0.4 is 20.0 Å². The molecular formula is C92H95Cl3N4O2. The third kappa shape index (κ3) is 15.4. The highest BCUT2D eigenvalue weighted by Gasteiger charge is 2.34. The number of halogens is 3. The summed E-state index contributed by atoms with van der Waals surface area (Å²) in [6.07, 6.45) is 4.46. The molecule has 12 aromatic rings. The summed E-state index contributed by atoms with van der Waals surface area (Å²) >= 11 is 19.8. The topological polar surface area (TPSA) is 48.0 Å². The fourth-order valence-corrected chi connectivity index (χ4v) is 14.3. The maximum atomic E-state index is 9.71. The molecule has 16 rings (SSSR count). The Labute approximate surface area is 653 Å². The third-order valence-corrected chi connectivity index (χ3v) is 18.9. The van der Waals surface area contributed by atoms with Crippen molar-refractivity contribution in [1.82, 2.24) is 0 Å². The second kappa shape index (κ2) is 26.6. The smallest absolute Gasteiger partial charge is 0.205 e. The van der Waals surface area contributed by atoms with Gasteiger partial charge in [0.2, 0.25) is 5.88 Å². The first kappa shape index (κ1) is 43.3. The van der Waals surface area contributed by atoms with Crippen LogP contribution in [-0.2, 0) is 62.2 Å². The molecule has 4 aliphatic rings. The molecule has 0 amide bonds. The van der Waals surface area contributed by atoms with Crippen LogP contribution >= 0.6 is 34.8 Å². The molecule has 0 bridgehead atoms. The van der Waals surface area contributed by atoms with Crippen LogP contribution in [0.5, 0.6) is 0 Å². The molecule has 0 aliphatic heterocycles. The van der Waals surface area contributed by atoms with Gasteiger partial charge in [0.1, 0.15) is 11.2 Å². The Morgan fingerprint density at radius 3 is 1.19 bits per heavy atom. The van der Waals surface area contributed by atoms with Crippen molar-refractivity contribution in [3.05, 3.63) is 288 Å². The van der Waals surface area contributed by atoms with E-state index in [2.05, 4.69) is 46.9 Å². The number of benzene rings is 10. The quantitative estimate of drug-likeness (QED) is 0.139. The standard InChI is InChI=1S/C46H47ClN2O.C28H29Cl2N.C18H19NO/c1-44(2,3)35-14-18-37(19-15-35)49(43-22-30-10-8-9-11-42(30)50-43)41-24-36(47)23-40(25-41)48(38-16-12-31-26-45(4,5)28-33(31)20-38)39-17-13-32-27-46(6,7)29-34(32)21-39;1-27(2)14-18-5-7-24(9-20(18)16-27)31(26-12-22(29)11-23(30)13-26)25-8-6-19-15-28(3,4)17-21(19)10-25;1-18(2,3)14-8-10-15(11-9-14)19-17-12-13-6-4-5-7-16(13)20-17/h8-25H,26-29H2,1-7H3;5-13H,14-17H2,1-4H3;4-12,19H,1-3H3/i8D,9D,10D,11D,12D,13D,14D,15D,16D,18D,19D,20D,21D;5D,6D,7D,8D,9D,10D;4D,5D,6D,7D,8D,9D,10D,11D,12D. The fraction of sp³-hybridized carbons (Fsp3) is 0.304. The number of hydrogen-bond donors (Lipinski definition) is 1. The Morgan fingerprint density at radius 2 is 0.713 bits per heavy atom. The van der Waals surface area contributed by atoms with E-state index in [9.17, 15) is 12.3 Å². The van der Waals surface area contributed by atoms with Crippen LogP contribution in [0, 0.1) is 21.7 Å². The highest BCUT2D eigenvalue weighted by Crippen LogP contribution is 2.50. The summed E-state index contributed by atoms with van der Waals surface area (Å²) in [6, 6.07) is 5.40. The van der Waals surface area contributed by atoms with Gasteiger partial charge >= 0.3 is 0 Å². The van der Waals surface area contributed by atoms with Crippen molar-refractivity contribution in [2.24, 2.45) is 21.7 Å². The molecule has 4 aliphatic carbocycles. The molecule has 1 N–H and O–H groups in total. The second-order valence-electron chi connectivity index (χ2n) is 31.9. The Balaban J connectivity index is 0.000000172. The van der Waals surface area contributed by atoms with Crippen molar-refractivity contribution >= 4 is 120 Å². The zero-order valence-electron chi connectivity index (χ0n) is 87.1. The average molecular weight is 1420 g/mol. The van der Waals surface area contributed by atoms with E-state index in [1.807, 2.05) is 13.8 Å². The molecule has 10 aromatic carbocycles. The predicted octanol–water partition coefficient (Wildman–Crippen LogP) is 27.8. The Hall–Kier alpha value is -8.65. The zero-order valence-corrected chi connectivity index (χ0v) is 61.3. The summed E-state index contributed by atoms with van der Waals surface area (Å²) < 4.78 is 257. The first-order chi connectivity index (χ1) is 59.6. The number of nitrogens with one attached hydrogen (secondary N) is 1. The normalized spacial score (nSPS) is 19.7. The molecule has 2 heterocycles. The Morgan fingerprint density at radius 1 is 0.347 bits per heavy atom. The minimum absolute atomic E-state index is 0.00364. The van der Waals surface area contributed by atoms with Gasteiger partial charge in [0.25, 0.3) is 0 Å². The summed E-state index contributed by atoms with van der Waals surface area (Å²) in [4.78, 5) is 4.27. The summed E-state index contributed by atoms with van der Waals surface area (Å²) in [6.45, 7) is 27.3. The number of para-hydroxylation sites is 2. The predicted molar refractivity (Wildman–Crippen MR) is 430 cm³/mol. The van der Waals surface area contributed by atoms with E-state index in [-0.39, 0.29) is 226 Å². The average Bonchev–Trinajstić information content (AvgIpc) is 1.70. The molecule has 101 heavy (non-hydrogen) atoms. The molecule has 0 spiro atoms. The van der Waals surface area contributed by atoms with Gasteiger partial charge in [-0.2, -0.15) is 0 Å². The molecule has 2 aromatic heterocycles. The van der Waals surface area contributed by atoms with Crippen molar-refractivity contribution < 1.29 is 47.2 Å². The summed E-state index contributed by atoms with van der Waals surface area (Å²) in [5, 5.41) is 3.17. The van der Waals surface area contributed by atoms with E-state index in [1.54, 1.807) is 71.9 Å². The van der Waals surface area contributed by atoms with Gasteiger partial charge in [-0.1, -0.05) is 216 Å². The molecule has 0 radical (unpaired) electrons. The van der Waals surface area contributed by atoms with Gasteiger partial charge in [-0.3, -0.25) is 4.90 Å². The van der Waals surface area contributed by atoms with Gasteiger partial charge in [-0.05, 0) is 261 Å². The monoisotopic (exact) mass is 1420 g/mol. The van der Waals surface area contributed by atoms with Crippen LogP contribution in [0.1, 0.15) is 191 Å². The fourth-order valence-electron chi connectivity index (χ4n) is 13.5. The van der Waals surface area contributed by atoms with Crippen molar-refractivity contribution in [1.29, 1.82) is 0 Å². The highest BCUT2D eigenvalue weighted by atomic mass is 35.5. The lowest BCUT2D eigenvalue weighted by Gasteiger charge is -2.29. The van der Waals surface area contributed by atoms with E-state index in [0.717, 1.165) is 5.56 Å². The van der Waals surface area contributed by atoms with Crippen molar-refractivity contribution in [3.63, 3.8) is 0 Å². The molecular weight excluding hydrogens is 1300 g/mol. The van der Waals surface area contributed by atoms with Crippen LogP contribution in [0.25, 0.3) is 21.9 Å². The SMILES string of the molecule is [2H]c1c([2H])c(C(C)(C)C)c([2H])c([2H])c1Nc1oc2c([2H])c([2H])c([2H])c([2H])c2c1[2H].[2H]c1c([2H])c(N(c2cc(Cl)cc(Cl)c2)c2c([2H])c([2H])c3c(c2[2H])CC(C)(C)C3)c([2H])c2c1CC(C)(C)C2.[2H]c1cc(N(c2cc(Cl)cc(N(c3cc4c([2H])c([2H])c([2H])c([2H])c4o3)c3c([2H])c([2H])c(C(C)(C)C)c([2H])c3[2H])c2)c2c([2H])c([2H])c3c(c2[2H])CC(C)(C)C3)c([2H])c2c1CC(C)(C)C2. The minimum Gasteiger partial charge on any atom is -0.440 e. The number of furan rings is 2. The van der Waals surface area contributed by atoms with Crippen LogP contribution in [0.15, 0.2) is 227 Å². The van der Waals surface area contributed by atoms with Gasteiger partial charge in [-0.25, -0.2) is 0 Å². The number of anilines is 11. The van der Waals surface area contributed by atoms with Crippen molar-refractivity contribution in [2.75, 3.05) is 20.0 Å². The van der Waals surface area contributed by atoms with Crippen molar-refractivity contribution in [2.45, 2.75) is 159 Å². The lowest BCUT2D eigenvalue weighted by molar-refractivity contribution is 0.392. The minimum atomic E-state index is -0.805. The maximum absolute atomic E-state index is 9.71. The van der Waals surface area contributed by atoms with Crippen LogP contribution in [0.3, 0.4) is 0 Å². The highest BCUT2D eigenvalue weighted by molar-refractivity contribution is 6.35. The van der Waals surface area contributed by atoms with Crippen molar-refractivity contribution in [3.8, 4) is 0 Å². The molecule has 0 saturated heterocycles. The molecule has 516 valence electrons. The van der Waals surface area contributed by atoms with Gasteiger partial charge < -0.3 is 24.0 Å². The summed E-state index contributed by atoms with van der Waals surface area (Å²) in [5.41, 5.74) is 3.76. The molecule has 0 fully saturated rings. The summed E-state index contributed by atoms with van der Waals surface area (Å²) in [5.74, 6) is -0.470. The lowest BCUT2D eigenvalue weighted by atomic mass is 9.87. The van der Waals surface area contributed by atoms with E-state index in [1.165, 1.54) is 32.9 Å². The Kier molecular flexibility index (Phi) is 11.4. The zero-order chi connectivity index (χ0) is 95.5. The molecule has 0 atom stereocenters. The van der Waals surface area contributed by atoms with Gasteiger partial charge in [-0.15, -0.1) is 0 Å². The van der Waals surface area contributed by atoms with Gasteiger partial charge in [0.15, 0.2) is 5.88 Å². The number of fused-ring (bicyclic) bond motifs is 6. The second-order valence-corrected chi connectivity index (χ2v) is 33.2. The lowest BCUT2D eigenvalue weighted by Crippen LogP contribution is -2.14. The molecule has 9 heteroatoms. The maximum Gasteiger partial charge on any atom is 0.205 e. The molecule has 0 saturated carbocycles. The first-order valence-electron chi connectivity index (χ1n) is 47.7. The van der Waals surface area contributed by atoms with E-state index in [4.69, 9.17) is 69.7 Å². The van der Waals surface area contributed by atoms with Crippen LogP contribution in [-0.4, -0.2) is 0 Å². The number of rotatable bonds is 11. The largest absolute Gasteiger partial charge is 0.440 e. The third-order valence-electron chi connectivity index (χ3n) is 18.2. The summed E-state index contributed by atoms with van der Waals surface area (Å²) in [7, 11) is 0. The van der Waals surface area contributed by atoms with E-state index < -0.39 is 71.3 Å². The van der Waals surface area contributed by atoms with E-state index >= 15 is 0 Å². The van der Waals surface area contributed by atoms with E-state index in [0.29, 0.717) is 106 Å². The molecule has 6 nitrogen and oxygen atoms in total. The van der Waals surface area contributed by atoms with Crippen LogP contribution in [0.2, 0.25) is 15.1 Å². The Bertz CT molecular complexity index is 6620. The van der Waals surface area contributed by atoms with Crippen LogP contribution in [0.4, 0.5) is 63.0 Å². The molecule has 0 unspecified atom stereocenters.